The molecule has 172 valence electrons. The summed E-state index contributed by atoms with van der Waals surface area (Å²) in [7, 11) is 1.64. The summed E-state index contributed by atoms with van der Waals surface area (Å²) < 4.78 is 16.6. The number of rotatable bonds is 7. The van der Waals surface area contributed by atoms with Crippen LogP contribution in [-0.2, 0) is 6.54 Å². The summed E-state index contributed by atoms with van der Waals surface area (Å²) in [6.45, 7) is 2.03. The highest BCUT2D eigenvalue weighted by molar-refractivity contribution is 6.07. The maximum Gasteiger partial charge on any atom is 0.163 e. The van der Waals surface area contributed by atoms with E-state index in [1.165, 1.54) is 5.56 Å². The van der Waals surface area contributed by atoms with Crippen LogP contribution in [0.2, 0.25) is 0 Å². The topological polar surface area (TPSA) is 69.7 Å². The van der Waals surface area contributed by atoms with Gasteiger partial charge in [0, 0.05) is 36.2 Å². The van der Waals surface area contributed by atoms with Gasteiger partial charge < -0.3 is 19.5 Å². The Bertz CT molecular complexity index is 1140. The number of carbonyl (C=O) groups excluding carboxylic acids is 1. The van der Waals surface area contributed by atoms with Crippen LogP contribution in [-0.4, -0.2) is 37.1 Å². The number of methoxy groups -OCH3 is 1. The van der Waals surface area contributed by atoms with Gasteiger partial charge in [-0.05, 0) is 73.6 Å². The lowest BCUT2D eigenvalue weighted by atomic mass is 9.82. The fourth-order valence-electron chi connectivity index (χ4n) is 4.90. The highest BCUT2D eigenvalue weighted by Gasteiger charge is 2.24. The minimum Gasteiger partial charge on any atom is -0.497 e. The van der Waals surface area contributed by atoms with E-state index in [0.717, 1.165) is 65.9 Å². The van der Waals surface area contributed by atoms with Gasteiger partial charge in [0.15, 0.2) is 17.3 Å². The van der Waals surface area contributed by atoms with Crippen molar-refractivity contribution < 1.29 is 19.0 Å². The Labute approximate surface area is 194 Å². The number of aromatic nitrogens is 1. The van der Waals surface area contributed by atoms with Crippen LogP contribution in [0.5, 0.6) is 17.2 Å². The van der Waals surface area contributed by atoms with E-state index in [1.54, 1.807) is 13.3 Å². The lowest BCUT2D eigenvalue weighted by Gasteiger charge is -2.29. The van der Waals surface area contributed by atoms with Crippen LogP contribution in [0.4, 0.5) is 0 Å². The second kappa shape index (κ2) is 9.79. The molecule has 6 nitrogen and oxygen atoms in total. The molecule has 3 aromatic rings. The number of ether oxygens (including phenoxy) is 3. The van der Waals surface area contributed by atoms with Crippen LogP contribution in [0.1, 0.15) is 48.0 Å². The van der Waals surface area contributed by atoms with Crippen LogP contribution in [0.25, 0.3) is 10.9 Å². The predicted octanol–water partition coefficient (Wildman–Crippen LogP) is 4.94. The number of benzene rings is 2. The SMILES string of the molecule is COc1ccc2nccc(C(=O)CC3CCC(NCc4ccc5c(c4)OCCO5)CC3)c2c1. The molecule has 1 aliphatic heterocycles. The third-order valence-corrected chi connectivity index (χ3v) is 6.77. The second-order valence-corrected chi connectivity index (χ2v) is 8.95. The number of pyridine rings is 1. The fourth-order valence-corrected chi connectivity index (χ4v) is 4.90. The third kappa shape index (κ3) is 4.96. The first-order chi connectivity index (χ1) is 16.2. The molecule has 1 N–H and O–H groups in total. The van der Waals surface area contributed by atoms with Crippen molar-refractivity contribution in [3.05, 3.63) is 59.8 Å². The molecule has 0 atom stereocenters. The maximum atomic E-state index is 13.1. The van der Waals surface area contributed by atoms with E-state index in [4.69, 9.17) is 14.2 Å². The molecule has 5 rings (SSSR count). The molecule has 1 aliphatic carbocycles. The molecule has 1 aromatic heterocycles. The standard InChI is InChI=1S/C27H30N2O4/c1-31-21-7-8-24-23(16-21)22(10-11-28-24)25(30)14-18-2-5-20(6-3-18)29-17-19-4-9-26-27(15-19)33-13-12-32-26/h4,7-11,15-16,18,20,29H,2-3,5-6,12-14,17H2,1H3. The first-order valence-corrected chi connectivity index (χ1v) is 11.8. The second-order valence-electron chi connectivity index (χ2n) is 8.95. The monoisotopic (exact) mass is 446 g/mol. The number of Topliss-reactive ketones (excluding diaryl/α,β-unsaturated/α-hetero) is 1. The highest BCUT2D eigenvalue weighted by atomic mass is 16.6. The van der Waals surface area contributed by atoms with Gasteiger partial charge in [-0.3, -0.25) is 9.78 Å². The van der Waals surface area contributed by atoms with E-state index < -0.39 is 0 Å². The van der Waals surface area contributed by atoms with Crippen molar-refractivity contribution in [2.24, 2.45) is 5.92 Å². The highest BCUT2D eigenvalue weighted by Crippen LogP contribution is 2.32. The maximum absolute atomic E-state index is 13.1. The normalized spacial score (nSPS) is 19.9. The molecule has 0 unspecified atom stereocenters. The Morgan fingerprint density at radius 1 is 1.03 bits per heavy atom. The number of ketones is 1. The van der Waals surface area contributed by atoms with Crippen LogP contribution >= 0.6 is 0 Å². The van der Waals surface area contributed by atoms with Gasteiger partial charge >= 0.3 is 0 Å². The Morgan fingerprint density at radius 2 is 1.85 bits per heavy atom. The van der Waals surface area contributed by atoms with E-state index in [9.17, 15) is 4.79 Å². The van der Waals surface area contributed by atoms with Crippen molar-refractivity contribution >= 4 is 16.7 Å². The molecular weight excluding hydrogens is 416 g/mol. The van der Waals surface area contributed by atoms with Crippen molar-refractivity contribution in [2.45, 2.75) is 44.7 Å². The van der Waals surface area contributed by atoms with E-state index in [-0.39, 0.29) is 5.78 Å². The molecule has 33 heavy (non-hydrogen) atoms. The van der Waals surface area contributed by atoms with Crippen LogP contribution in [0.3, 0.4) is 0 Å². The molecule has 2 aromatic carbocycles. The largest absolute Gasteiger partial charge is 0.497 e. The zero-order valence-corrected chi connectivity index (χ0v) is 19.0. The molecule has 1 saturated carbocycles. The Morgan fingerprint density at radius 3 is 2.67 bits per heavy atom. The first-order valence-electron chi connectivity index (χ1n) is 11.8. The Balaban J connectivity index is 1.14. The zero-order chi connectivity index (χ0) is 22.6. The molecule has 0 bridgehead atoms. The minimum atomic E-state index is 0.198. The van der Waals surface area contributed by atoms with Crippen LogP contribution in [0.15, 0.2) is 48.7 Å². The van der Waals surface area contributed by atoms with E-state index in [0.29, 0.717) is 31.6 Å². The number of hydrogen-bond donors (Lipinski definition) is 1. The number of nitrogens with zero attached hydrogens (tertiary/aromatic N) is 1. The van der Waals surface area contributed by atoms with Gasteiger partial charge in [0.25, 0.3) is 0 Å². The minimum absolute atomic E-state index is 0.198. The smallest absolute Gasteiger partial charge is 0.163 e. The van der Waals surface area contributed by atoms with Gasteiger partial charge in [-0.2, -0.15) is 0 Å². The van der Waals surface area contributed by atoms with Crippen molar-refractivity contribution in [3.8, 4) is 17.2 Å². The van der Waals surface area contributed by atoms with Crippen molar-refractivity contribution in [1.82, 2.24) is 10.3 Å². The number of nitrogens with one attached hydrogen (secondary N) is 1. The average Bonchev–Trinajstić information content (AvgIpc) is 2.87. The molecular formula is C27H30N2O4. The number of hydrogen-bond acceptors (Lipinski definition) is 6. The lowest BCUT2D eigenvalue weighted by Crippen LogP contribution is -2.33. The number of carbonyl (C=O) groups is 1. The molecule has 1 fully saturated rings. The van der Waals surface area contributed by atoms with E-state index >= 15 is 0 Å². The van der Waals surface area contributed by atoms with E-state index in [2.05, 4.69) is 22.4 Å². The summed E-state index contributed by atoms with van der Waals surface area (Å²) >= 11 is 0. The molecule has 2 aliphatic rings. The van der Waals surface area contributed by atoms with Gasteiger partial charge in [0.05, 0.1) is 12.6 Å². The molecule has 0 radical (unpaired) electrons. The molecule has 6 heteroatoms. The van der Waals surface area contributed by atoms with Crippen molar-refractivity contribution in [3.63, 3.8) is 0 Å². The Kier molecular flexibility index (Phi) is 6.44. The van der Waals surface area contributed by atoms with Crippen molar-refractivity contribution in [2.75, 3.05) is 20.3 Å². The molecule has 2 heterocycles. The summed E-state index contributed by atoms with van der Waals surface area (Å²) in [5.74, 6) is 3.04. The van der Waals surface area contributed by atoms with Gasteiger partial charge in [-0.25, -0.2) is 0 Å². The predicted molar refractivity (Wildman–Crippen MR) is 127 cm³/mol. The lowest BCUT2D eigenvalue weighted by molar-refractivity contribution is 0.0947. The first kappa shape index (κ1) is 21.7. The molecule has 0 saturated heterocycles. The summed E-state index contributed by atoms with van der Waals surface area (Å²) in [6.07, 6.45) is 6.63. The average molecular weight is 447 g/mol. The third-order valence-electron chi connectivity index (χ3n) is 6.77. The Hall–Kier alpha value is -3.12. The summed E-state index contributed by atoms with van der Waals surface area (Å²) in [6, 6.07) is 14.2. The number of fused-ring (bicyclic) bond motifs is 2. The van der Waals surface area contributed by atoms with Crippen LogP contribution in [0, 0.1) is 5.92 Å². The summed E-state index contributed by atoms with van der Waals surface area (Å²) in [5, 5.41) is 4.56. The van der Waals surface area contributed by atoms with Crippen LogP contribution < -0.4 is 19.5 Å². The van der Waals surface area contributed by atoms with Gasteiger partial charge in [0.2, 0.25) is 0 Å². The molecule has 0 amide bonds. The fraction of sp³-hybridized carbons (Fsp3) is 0.407. The van der Waals surface area contributed by atoms with Gasteiger partial charge in [-0.15, -0.1) is 0 Å². The summed E-state index contributed by atoms with van der Waals surface area (Å²) in [5.41, 5.74) is 2.78. The zero-order valence-electron chi connectivity index (χ0n) is 19.0. The van der Waals surface area contributed by atoms with E-state index in [1.807, 2.05) is 30.3 Å². The quantitative estimate of drug-likeness (QED) is 0.519. The molecule has 0 spiro atoms. The summed E-state index contributed by atoms with van der Waals surface area (Å²) in [4.78, 5) is 17.5. The van der Waals surface area contributed by atoms with Crippen molar-refractivity contribution in [1.29, 1.82) is 0 Å². The van der Waals surface area contributed by atoms with Gasteiger partial charge in [-0.1, -0.05) is 6.07 Å². The van der Waals surface area contributed by atoms with Gasteiger partial charge in [0.1, 0.15) is 19.0 Å².